The number of allylic oxidation sites excluding steroid dienone is 1. The van der Waals surface area contributed by atoms with Crippen molar-refractivity contribution in [2.24, 2.45) is 4.99 Å². The molecule has 2 aliphatic heterocycles. The van der Waals surface area contributed by atoms with Crippen molar-refractivity contribution < 1.29 is 22.7 Å². The molecule has 2 saturated heterocycles. The first-order valence-electron chi connectivity index (χ1n) is 11.3. The first-order valence-corrected chi connectivity index (χ1v) is 11.3. The number of carbonyl (C=O) groups is 1. The number of alkyl halides is 3. The maximum absolute atomic E-state index is 13.1. The number of piperidine rings is 1. The Hall–Kier alpha value is -2.45. The van der Waals surface area contributed by atoms with E-state index < -0.39 is 23.3 Å². The molecule has 5 nitrogen and oxygen atoms in total. The number of halogens is 3. The molecule has 0 N–H and O–H groups in total. The number of rotatable bonds is 6. The van der Waals surface area contributed by atoms with Crippen LogP contribution in [0.25, 0.3) is 0 Å². The van der Waals surface area contributed by atoms with Gasteiger partial charge in [-0.05, 0) is 44.7 Å². The SMILES string of the molecule is C=CN=C(/C=C(\C)C(F)(F)F)C(=O)N1CC(C)OC2(CCN(CCc3ccccc3)CC2)C1. The van der Waals surface area contributed by atoms with Gasteiger partial charge in [0.2, 0.25) is 0 Å². The Morgan fingerprint density at radius 3 is 2.55 bits per heavy atom. The van der Waals surface area contributed by atoms with Crippen molar-refractivity contribution >= 4 is 11.6 Å². The van der Waals surface area contributed by atoms with Gasteiger partial charge in [0.1, 0.15) is 5.71 Å². The molecule has 180 valence electrons. The number of aliphatic imine (C=N–C) groups is 1. The van der Waals surface area contributed by atoms with Crippen LogP contribution < -0.4 is 0 Å². The lowest BCUT2D eigenvalue weighted by Crippen LogP contribution is -2.61. The number of likely N-dealkylation sites (tertiary alicyclic amines) is 1. The number of benzene rings is 1. The molecule has 1 aromatic rings. The third-order valence-electron chi connectivity index (χ3n) is 6.27. The lowest BCUT2D eigenvalue weighted by molar-refractivity contribution is -0.176. The number of morpholine rings is 1. The topological polar surface area (TPSA) is 45.1 Å². The summed E-state index contributed by atoms with van der Waals surface area (Å²) >= 11 is 0. The van der Waals surface area contributed by atoms with Crippen LogP contribution in [-0.2, 0) is 16.0 Å². The lowest BCUT2D eigenvalue weighted by atomic mass is 9.88. The van der Waals surface area contributed by atoms with E-state index in [4.69, 9.17) is 4.74 Å². The van der Waals surface area contributed by atoms with Crippen molar-refractivity contribution in [2.75, 3.05) is 32.7 Å². The highest BCUT2D eigenvalue weighted by Crippen LogP contribution is 2.33. The second-order valence-electron chi connectivity index (χ2n) is 8.90. The van der Waals surface area contributed by atoms with Gasteiger partial charge in [-0.25, -0.2) is 0 Å². The average molecular weight is 464 g/mol. The summed E-state index contributed by atoms with van der Waals surface area (Å²) < 4.78 is 45.3. The van der Waals surface area contributed by atoms with Crippen molar-refractivity contribution in [3.63, 3.8) is 0 Å². The van der Waals surface area contributed by atoms with Crippen LogP contribution in [-0.4, -0.2) is 72.0 Å². The van der Waals surface area contributed by atoms with E-state index in [9.17, 15) is 18.0 Å². The number of hydrogen-bond acceptors (Lipinski definition) is 4. The molecule has 0 aromatic heterocycles. The maximum atomic E-state index is 13.1. The highest BCUT2D eigenvalue weighted by Gasteiger charge is 2.43. The van der Waals surface area contributed by atoms with E-state index in [1.54, 1.807) is 4.90 Å². The molecular formula is C25H32F3N3O2. The van der Waals surface area contributed by atoms with E-state index >= 15 is 0 Å². The van der Waals surface area contributed by atoms with Gasteiger partial charge in [0.15, 0.2) is 0 Å². The molecule has 1 amide bonds. The van der Waals surface area contributed by atoms with Crippen molar-refractivity contribution in [3.8, 4) is 0 Å². The van der Waals surface area contributed by atoms with Gasteiger partial charge in [0, 0.05) is 38.0 Å². The molecule has 2 aliphatic rings. The standard InChI is InChI=1S/C25H32F3N3O2/c1-4-29-22(16-19(2)25(26,27)28)23(32)31-17-20(3)33-24(18-31)11-14-30(15-12-24)13-10-21-8-6-5-7-9-21/h4-9,16,20H,1,10-15,17-18H2,2-3H3/b19-16+,29-22?. The van der Waals surface area contributed by atoms with Crippen LogP contribution in [0.1, 0.15) is 32.3 Å². The molecule has 8 heteroatoms. The first-order chi connectivity index (χ1) is 15.6. The Bertz CT molecular complexity index is 888. The third-order valence-corrected chi connectivity index (χ3v) is 6.27. The molecule has 0 radical (unpaired) electrons. The molecule has 2 fully saturated rings. The fourth-order valence-corrected chi connectivity index (χ4v) is 4.47. The second kappa shape index (κ2) is 10.7. The predicted octanol–water partition coefficient (Wildman–Crippen LogP) is 4.40. The third kappa shape index (κ3) is 6.77. The summed E-state index contributed by atoms with van der Waals surface area (Å²) in [4.78, 5) is 20.9. The van der Waals surface area contributed by atoms with Gasteiger partial charge in [-0.15, -0.1) is 0 Å². The summed E-state index contributed by atoms with van der Waals surface area (Å²) in [6, 6.07) is 10.3. The Morgan fingerprint density at radius 1 is 1.27 bits per heavy atom. The number of hydrogen-bond donors (Lipinski definition) is 0. The predicted molar refractivity (Wildman–Crippen MR) is 123 cm³/mol. The fraction of sp³-hybridized carbons (Fsp3) is 0.520. The normalized spacial score (nSPS) is 22.5. The minimum absolute atomic E-state index is 0.212. The monoisotopic (exact) mass is 463 g/mol. The smallest absolute Gasteiger partial charge is 0.368 e. The first kappa shape index (κ1) is 25.2. The summed E-state index contributed by atoms with van der Waals surface area (Å²) in [5.74, 6) is -0.528. The molecular weight excluding hydrogens is 431 g/mol. The molecule has 0 bridgehead atoms. The fourth-order valence-electron chi connectivity index (χ4n) is 4.47. The van der Waals surface area contributed by atoms with E-state index in [1.165, 1.54) is 5.56 Å². The van der Waals surface area contributed by atoms with E-state index in [0.29, 0.717) is 13.1 Å². The van der Waals surface area contributed by atoms with Gasteiger partial charge in [-0.2, -0.15) is 13.2 Å². The average Bonchev–Trinajstić information content (AvgIpc) is 2.77. The lowest BCUT2D eigenvalue weighted by Gasteiger charge is -2.49. The highest BCUT2D eigenvalue weighted by atomic mass is 19.4. The van der Waals surface area contributed by atoms with Gasteiger partial charge in [0.05, 0.1) is 18.2 Å². The van der Waals surface area contributed by atoms with Crippen LogP contribution in [0.3, 0.4) is 0 Å². The quantitative estimate of drug-likeness (QED) is 0.588. The molecule has 1 unspecified atom stereocenters. The van der Waals surface area contributed by atoms with Crippen LogP contribution in [0.4, 0.5) is 13.2 Å². The summed E-state index contributed by atoms with van der Waals surface area (Å²) in [6.07, 6.45) is -0.337. The van der Waals surface area contributed by atoms with Crippen LogP contribution in [0.5, 0.6) is 0 Å². The highest BCUT2D eigenvalue weighted by molar-refractivity contribution is 6.43. The van der Waals surface area contributed by atoms with Gasteiger partial charge in [-0.1, -0.05) is 36.9 Å². The van der Waals surface area contributed by atoms with Crippen molar-refractivity contribution in [1.82, 2.24) is 9.80 Å². The largest absolute Gasteiger partial charge is 0.412 e. The summed E-state index contributed by atoms with van der Waals surface area (Å²) in [5.41, 5.74) is -0.324. The second-order valence-corrected chi connectivity index (χ2v) is 8.90. The minimum Gasteiger partial charge on any atom is -0.368 e. The van der Waals surface area contributed by atoms with Gasteiger partial charge >= 0.3 is 6.18 Å². The number of carbonyl (C=O) groups excluding carboxylic acids is 1. The van der Waals surface area contributed by atoms with Crippen LogP contribution in [0.15, 0.2) is 59.8 Å². The molecule has 1 spiro atoms. The van der Waals surface area contributed by atoms with Crippen molar-refractivity contribution in [3.05, 3.63) is 60.3 Å². The number of nitrogens with zero attached hydrogens (tertiary/aromatic N) is 3. The summed E-state index contributed by atoms with van der Waals surface area (Å²) in [7, 11) is 0. The van der Waals surface area contributed by atoms with E-state index in [1.807, 2.05) is 25.1 Å². The summed E-state index contributed by atoms with van der Waals surface area (Å²) in [5, 5.41) is 0. The molecule has 0 aliphatic carbocycles. The molecule has 0 saturated carbocycles. The Kier molecular flexibility index (Phi) is 8.13. The van der Waals surface area contributed by atoms with E-state index in [0.717, 1.165) is 58.1 Å². The molecule has 1 atom stereocenters. The number of amides is 1. The molecule has 33 heavy (non-hydrogen) atoms. The van der Waals surface area contributed by atoms with Crippen LogP contribution in [0.2, 0.25) is 0 Å². The Labute approximate surface area is 193 Å². The maximum Gasteiger partial charge on any atom is 0.412 e. The van der Waals surface area contributed by atoms with E-state index in [2.05, 4.69) is 28.6 Å². The van der Waals surface area contributed by atoms with Gasteiger partial charge < -0.3 is 14.5 Å². The van der Waals surface area contributed by atoms with Crippen molar-refractivity contribution in [1.29, 1.82) is 0 Å². The zero-order valence-corrected chi connectivity index (χ0v) is 19.3. The minimum atomic E-state index is -4.52. The van der Waals surface area contributed by atoms with Crippen LogP contribution in [0, 0.1) is 0 Å². The molecule has 1 aromatic carbocycles. The van der Waals surface area contributed by atoms with E-state index in [-0.39, 0.29) is 11.8 Å². The zero-order chi connectivity index (χ0) is 24.1. The van der Waals surface area contributed by atoms with Crippen LogP contribution >= 0.6 is 0 Å². The zero-order valence-electron chi connectivity index (χ0n) is 19.3. The summed E-state index contributed by atoms with van der Waals surface area (Å²) in [6.45, 7) is 9.58. The number of ether oxygens (including phenoxy) is 1. The Morgan fingerprint density at radius 2 is 1.94 bits per heavy atom. The van der Waals surface area contributed by atoms with Gasteiger partial charge in [-0.3, -0.25) is 9.79 Å². The molecule has 2 heterocycles. The molecule has 3 rings (SSSR count). The van der Waals surface area contributed by atoms with Crippen molar-refractivity contribution in [2.45, 2.75) is 51.0 Å². The van der Waals surface area contributed by atoms with Gasteiger partial charge in [0.25, 0.3) is 5.91 Å². The Balaban J connectivity index is 1.65.